The molecule has 4 rings (SSSR count). The third-order valence-electron chi connectivity index (χ3n) is 5.41. The van der Waals surface area contributed by atoms with Crippen molar-refractivity contribution >= 4 is 34.9 Å². The molecule has 2 aromatic carbocycles. The van der Waals surface area contributed by atoms with Crippen molar-refractivity contribution in [1.29, 1.82) is 0 Å². The van der Waals surface area contributed by atoms with E-state index in [9.17, 15) is 9.59 Å². The minimum absolute atomic E-state index is 0.0421. The van der Waals surface area contributed by atoms with Crippen LogP contribution in [0.2, 0.25) is 0 Å². The molecule has 0 amide bonds. The third-order valence-corrected chi connectivity index (χ3v) is 7.94. The first-order valence-corrected chi connectivity index (χ1v) is 12.9. The Hall–Kier alpha value is -3.22. The lowest BCUT2D eigenvalue weighted by Crippen LogP contribution is -2.31. The summed E-state index contributed by atoms with van der Waals surface area (Å²) >= 11 is 3.14. The van der Waals surface area contributed by atoms with Gasteiger partial charge >= 0.3 is 5.97 Å². The number of pyridine rings is 1. The maximum Gasteiger partial charge on any atom is 0.310 e. The fourth-order valence-corrected chi connectivity index (χ4v) is 6.33. The Bertz CT molecular complexity index is 1280. The molecular formula is C28H26NO3S2+. The molecule has 0 aliphatic carbocycles. The number of benzene rings is 2. The van der Waals surface area contributed by atoms with Gasteiger partial charge in [0.1, 0.15) is 4.21 Å². The first-order valence-electron chi connectivity index (χ1n) is 11.1. The number of rotatable bonds is 9. The summed E-state index contributed by atoms with van der Waals surface area (Å²) < 4.78 is 8.26. The highest BCUT2D eigenvalue weighted by Crippen LogP contribution is 2.40. The number of thioether (sulfide) groups is 1. The molecule has 0 unspecified atom stereocenters. The molecule has 0 atom stereocenters. The summed E-state index contributed by atoms with van der Waals surface area (Å²) in [6.07, 6.45) is 3.94. The second-order valence-corrected chi connectivity index (χ2v) is 9.99. The average Bonchev–Trinajstić information content (AvgIpc) is 3.22. The van der Waals surface area contributed by atoms with Crippen LogP contribution in [0.1, 0.15) is 38.8 Å². The number of carbonyl (C=O) groups excluding carboxylic acids is 2. The molecule has 4 nitrogen and oxygen atoms in total. The molecule has 0 bridgehead atoms. The number of ketones is 1. The first kappa shape index (κ1) is 23.9. The van der Waals surface area contributed by atoms with Crippen LogP contribution in [-0.2, 0) is 21.7 Å². The van der Waals surface area contributed by atoms with Crippen molar-refractivity contribution in [3.63, 3.8) is 0 Å². The molecule has 0 saturated heterocycles. The topological polar surface area (TPSA) is 47.3 Å². The summed E-state index contributed by atoms with van der Waals surface area (Å²) in [5.74, 6) is 0.354. The van der Waals surface area contributed by atoms with Gasteiger partial charge in [-0.1, -0.05) is 60.7 Å². The van der Waals surface area contributed by atoms with Gasteiger partial charge in [0.05, 0.1) is 23.5 Å². The Kier molecular flexibility index (Phi) is 7.93. The highest BCUT2D eigenvalue weighted by Gasteiger charge is 2.31. The van der Waals surface area contributed by atoms with Crippen LogP contribution in [0.15, 0.2) is 89.4 Å². The molecule has 0 aliphatic rings. The SMILES string of the molecule is CCOC(=O)Cc1c(C(=O)c2ccccc2)sc(SCc2ccccc2C)c1-[n+]1ccccc1. The fraction of sp³-hybridized carbons (Fsp3) is 0.179. The Morgan fingerprint density at radius 1 is 0.941 bits per heavy atom. The largest absolute Gasteiger partial charge is 0.466 e. The van der Waals surface area contributed by atoms with E-state index >= 15 is 0 Å². The average molecular weight is 489 g/mol. The Morgan fingerprint density at radius 3 is 2.32 bits per heavy atom. The van der Waals surface area contributed by atoms with Crippen molar-refractivity contribution in [2.24, 2.45) is 0 Å². The van der Waals surface area contributed by atoms with Crippen molar-refractivity contribution in [3.8, 4) is 5.69 Å². The number of aryl methyl sites for hydroxylation is 1. The zero-order valence-corrected chi connectivity index (χ0v) is 20.8. The summed E-state index contributed by atoms with van der Waals surface area (Å²) in [6.45, 7) is 4.19. The van der Waals surface area contributed by atoms with Crippen LogP contribution in [0.5, 0.6) is 0 Å². The van der Waals surface area contributed by atoms with Crippen molar-refractivity contribution in [2.75, 3.05) is 6.61 Å². The van der Waals surface area contributed by atoms with E-state index in [2.05, 4.69) is 19.1 Å². The smallest absolute Gasteiger partial charge is 0.310 e. The zero-order valence-electron chi connectivity index (χ0n) is 19.2. The predicted molar refractivity (Wildman–Crippen MR) is 137 cm³/mol. The quantitative estimate of drug-likeness (QED) is 0.126. The summed E-state index contributed by atoms with van der Waals surface area (Å²) in [5.41, 5.74) is 4.66. The molecular weight excluding hydrogens is 462 g/mol. The lowest BCUT2D eigenvalue weighted by atomic mass is 10.0. The summed E-state index contributed by atoms with van der Waals surface area (Å²) in [4.78, 5) is 26.7. The Balaban J connectivity index is 1.83. The molecule has 0 spiro atoms. The van der Waals surface area contributed by atoms with E-state index in [1.165, 1.54) is 22.5 Å². The van der Waals surface area contributed by atoms with Gasteiger partial charge in [-0.15, -0.1) is 23.1 Å². The van der Waals surface area contributed by atoms with Gasteiger partial charge in [-0.05, 0) is 25.0 Å². The highest BCUT2D eigenvalue weighted by atomic mass is 32.2. The van der Waals surface area contributed by atoms with Gasteiger partial charge in [0, 0.05) is 23.4 Å². The van der Waals surface area contributed by atoms with Gasteiger partial charge in [-0.25, -0.2) is 0 Å². The van der Waals surface area contributed by atoms with Crippen LogP contribution >= 0.6 is 23.1 Å². The lowest BCUT2D eigenvalue weighted by molar-refractivity contribution is -0.598. The van der Waals surface area contributed by atoms with Gasteiger partial charge in [-0.3, -0.25) is 9.59 Å². The molecule has 0 saturated carbocycles. The molecule has 2 aromatic heterocycles. The monoisotopic (exact) mass is 488 g/mol. The summed E-state index contributed by atoms with van der Waals surface area (Å²) in [6, 6.07) is 23.4. The molecule has 6 heteroatoms. The van der Waals surface area contributed by atoms with Gasteiger partial charge in [0.15, 0.2) is 12.4 Å². The van der Waals surface area contributed by atoms with Crippen LogP contribution in [0.4, 0.5) is 0 Å². The van der Waals surface area contributed by atoms with Crippen LogP contribution < -0.4 is 4.57 Å². The fourth-order valence-electron chi connectivity index (χ4n) is 3.68. The van der Waals surface area contributed by atoms with Crippen LogP contribution in [-0.4, -0.2) is 18.4 Å². The van der Waals surface area contributed by atoms with E-state index in [0.29, 0.717) is 22.6 Å². The standard InChI is InChI=1S/C28H26NO3S2/c1-3-32-24(30)18-23-25(29-16-10-5-11-17-29)28(33-19-22-15-9-8-12-20(22)2)34-27(23)26(31)21-13-6-4-7-14-21/h4-17H,3,18-19H2,1-2H3/q+1. The van der Waals surface area contributed by atoms with Crippen molar-refractivity contribution in [3.05, 3.63) is 112 Å². The van der Waals surface area contributed by atoms with E-state index in [0.717, 1.165) is 15.6 Å². The van der Waals surface area contributed by atoms with E-state index < -0.39 is 0 Å². The van der Waals surface area contributed by atoms with E-state index in [4.69, 9.17) is 4.74 Å². The van der Waals surface area contributed by atoms with Crippen molar-refractivity contribution < 1.29 is 18.9 Å². The van der Waals surface area contributed by atoms with Crippen molar-refractivity contribution in [2.45, 2.75) is 30.2 Å². The molecule has 2 heterocycles. The molecule has 4 aromatic rings. The van der Waals surface area contributed by atoms with Gasteiger partial charge in [0.25, 0.3) is 0 Å². The number of nitrogens with zero attached hydrogens (tertiary/aromatic N) is 1. The Labute approximate surface area is 208 Å². The van der Waals surface area contributed by atoms with Gasteiger partial charge in [0.2, 0.25) is 11.5 Å². The second kappa shape index (κ2) is 11.3. The second-order valence-electron chi connectivity index (χ2n) is 7.72. The number of thiophene rings is 1. The molecule has 0 radical (unpaired) electrons. The number of ether oxygens (including phenoxy) is 1. The van der Waals surface area contributed by atoms with Crippen LogP contribution in [0.3, 0.4) is 0 Å². The zero-order chi connectivity index (χ0) is 23.9. The molecule has 0 N–H and O–H groups in total. The van der Waals surface area contributed by atoms with E-state index in [1.54, 1.807) is 18.7 Å². The van der Waals surface area contributed by atoms with Crippen LogP contribution in [0.25, 0.3) is 5.69 Å². The first-order chi connectivity index (χ1) is 16.6. The molecule has 34 heavy (non-hydrogen) atoms. The highest BCUT2D eigenvalue weighted by molar-refractivity contribution is 8.00. The molecule has 0 aliphatic heterocycles. The minimum atomic E-state index is -0.337. The van der Waals surface area contributed by atoms with Crippen LogP contribution in [0, 0.1) is 6.92 Å². The number of aromatic nitrogens is 1. The normalized spacial score (nSPS) is 10.8. The van der Waals surface area contributed by atoms with Crippen molar-refractivity contribution in [1.82, 2.24) is 0 Å². The predicted octanol–water partition coefficient (Wildman–Crippen LogP) is 5.96. The van der Waals surface area contributed by atoms with E-state index in [-0.39, 0.29) is 18.2 Å². The molecule has 0 fully saturated rings. The summed E-state index contributed by atoms with van der Waals surface area (Å²) in [5, 5.41) is 0. The minimum Gasteiger partial charge on any atom is -0.466 e. The number of hydrogen-bond acceptors (Lipinski definition) is 5. The Morgan fingerprint density at radius 2 is 1.62 bits per heavy atom. The molecule has 172 valence electrons. The lowest BCUT2D eigenvalue weighted by Gasteiger charge is -2.06. The van der Waals surface area contributed by atoms with Gasteiger partial charge in [-0.2, -0.15) is 4.57 Å². The number of esters is 1. The maximum absolute atomic E-state index is 13.6. The summed E-state index contributed by atoms with van der Waals surface area (Å²) in [7, 11) is 0. The number of hydrogen-bond donors (Lipinski definition) is 0. The maximum atomic E-state index is 13.6. The van der Waals surface area contributed by atoms with E-state index in [1.807, 2.05) is 77.6 Å². The van der Waals surface area contributed by atoms with Gasteiger partial charge < -0.3 is 4.74 Å². The third kappa shape index (κ3) is 5.46. The number of carbonyl (C=O) groups is 2.